The van der Waals surface area contributed by atoms with Gasteiger partial charge in [0.1, 0.15) is 0 Å². The van der Waals surface area contributed by atoms with Crippen molar-refractivity contribution in [2.75, 3.05) is 23.9 Å². The molecular weight excluding hydrogens is 302 g/mol. The molecule has 0 aromatic heterocycles. The molecule has 1 aromatic rings. The van der Waals surface area contributed by atoms with Crippen LogP contribution in [0.2, 0.25) is 5.02 Å². The van der Waals surface area contributed by atoms with E-state index in [0.29, 0.717) is 22.7 Å². The number of carbonyl (C=O) groups is 1. The Bertz CT molecular complexity index is 615. The van der Waals surface area contributed by atoms with Crippen LogP contribution in [0.15, 0.2) is 18.2 Å². The number of sulfone groups is 1. The Morgan fingerprint density at radius 3 is 2.85 bits per heavy atom. The fourth-order valence-electron chi connectivity index (χ4n) is 2.28. The van der Waals surface area contributed by atoms with E-state index in [1.807, 2.05) is 0 Å². The van der Waals surface area contributed by atoms with Gasteiger partial charge in [-0.25, -0.2) is 13.2 Å². The van der Waals surface area contributed by atoms with Gasteiger partial charge in [-0.1, -0.05) is 11.6 Å². The predicted molar refractivity (Wildman–Crippen MR) is 78.1 cm³/mol. The van der Waals surface area contributed by atoms with Crippen molar-refractivity contribution in [3.8, 4) is 0 Å². The first-order chi connectivity index (χ1) is 9.41. The lowest BCUT2D eigenvalue weighted by molar-refractivity contribution is 0.0602. The molecule has 1 aliphatic heterocycles. The summed E-state index contributed by atoms with van der Waals surface area (Å²) in [7, 11) is -1.71. The predicted octanol–water partition coefficient (Wildman–Crippen LogP) is 2.12. The summed E-state index contributed by atoms with van der Waals surface area (Å²) in [5.74, 6) is -0.194. The van der Waals surface area contributed by atoms with Crippen molar-refractivity contribution in [2.24, 2.45) is 0 Å². The molecule has 1 unspecified atom stereocenters. The van der Waals surface area contributed by atoms with Crippen LogP contribution in [-0.4, -0.2) is 39.0 Å². The summed E-state index contributed by atoms with van der Waals surface area (Å²) >= 11 is 5.87. The quantitative estimate of drug-likeness (QED) is 0.864. The van der Waals surface area contributed by atoms with Crippen LogP contribution in [0.4, 0.5) is 5.69 Å². The van der Waals surface area contributed by atoms with Crippen LogP contribution in [0.5, 0.6) is 0 Å². The van der Waals surface area contributed by atoms with E-state index in [4.69, 9.17) is 16.3 Å². The molecule has 20 heavy (non-hydrogen) atoms. The highest BCUT2D eigenvalue weighted by molar-refractivity contribution is 7.91. The van der Waals surface area contributed by atoms with Gasteiger partial charge in [0.2, 0.25) is 0 Å². The number of esters is 1. The zero-order valence-corrected chi connectivity index (χ0v) is 12.6. The third-order valence-electron chi connectivity index (χ3n) is 3.21. The molecule has 0 spiro atoms. The van der Waals surface area contributed by atoms with E-state index in [-0.39, 0.29) is 17.5 Å². The molecule has 1 atom stereocenters. The number of carbonyl (C=O) groups excluding carboxylic acids is 1. The maximum Gasteiger partial charge on any atom is 0.340 e. The highest BCUT2D eigenvalue weighted by Gasteiger charge is 2.25. The number of ether oxygens (including phenoxy) is 1. The van der Waals surface area contributed by atoms with Gasteiger partial charge in [0.15, 0.2) is 9.84 Å². The van der Waals surface area contributed by atoms with Gasteiger partial charge < -0.3 is 10.1 Å². The van der Waals surface area contributed by atoms with Gasteiger partial charge in [-0.05, 0) is 31.0 Å². The SMILES string of the molecule is COC(=O)c1cc(Cl)ccc1NC1CCCS(=O)(=O)C1. The highest BCUT2D eigenvalue weighted by atomic mass is 35.5. The average molecular weight is 318 g/mol. The Labute approximate surface area is 123 Å². The molecule has 7 heteroatoms. The van der Waals surface area contributed by atoms with E-state index < -0.39 is 15.8 Å². The minimum absolute atomic E-state index is 0.0796. The maximum absolute atomic E-state index is 11.7. The normalized spacial score (nSPS) is 21.2. The van der Waals surface area contributed by atoms with Crippen LogP contribution in [-0.2, 0) is 14.6 Å². The van der Waals surface area contributed by atoms with Crippen molar-refractivity contribution in [2.45, 2.75) is 18.9 Å². The lowest BCUT2D eigenvalue weighted by atomic mass is 10.1. The molecule has 0 aliphatic carbocycles. The van der Waals surface area contributed by atoms with Gasteiger partial charge in [0, 0.05) is 16.8 Å². The molecule has 0 saturated carbocycles. The smallest absolute Gasteiger partial charge is 0.340 e. The number of halogens is 1. The largest absolute Gasteiger partial charge is 0.465 e. The summed E-state index contributed by atoms with van der Waals surface area (Å²) in [6, 6.07) is 4.62. The lowest BCUT2D eigenvalue weighted by Gasteiger charge is -2.25. The van der Waals surface area contributed by atoms with Crippen molar-refractivity contribution < 1.29 is 17.9 Å². The molecule has 1 fully saturated rings. The summed E-state index contributed by atoms with van der Waals surface area (Å²) in [6.45, 7) is 0. The standard InChI is InChI=1S/C13H16ClNO4S/c1-19-13(16)11-7-9(14)4-5-12(11)15-10-3-2-6-20(17,18)8-10/h4-5,7,10,15H,2-3,6,8H2,1H3. The molecule has 0 amide bonds. The van der Waals surface area contributed by atoms with Crippen molar-refractivity contribution in [1.82, 2.24) is 0 Å². The lowest BCUT2D eigenvalue weighted by Crippen LogP contribution is -2.35. The third-order valence-corrected chi connectivity index (χ3v) is 5.27. The fraction of sp³-hybridized carbons (Fsp3) is 0.462. The van der Waals surface area contributed by atoms with Crippen molar-refractivity contribution >= 4 is 33.1 Å². The van der Waals surface area contributed by atoms with Crippen LogP contribution in [0, 0.1) is 0 Å². The fourth-order valence-corrected chi connectivity index (χ4v) is 4.09. The second-order valence-electron chi connectivity index (χ2n) is 4.78. The van der Waals surface area contributed by atoms with E-state index >= 15 is 0 Å². The van der Waals surface area contributed by atoms with Crippen molar-refractivity contribution in [1.29, 1.82) is 0 Å². The van der Waals surface area contributed by atoms with E-state index in [0.717, 1.165) is 6.42 Å². The van der Waals surface area contributed by atoms with Gasteiger partial charge in [0.05, 0.1) is 24.2 Å². The second-order valence-corrected chi connectivity index (χ2v) is 7.44. The first-order valence-electron chi connectivity index (χ1n) is 6.26. The molecule has 1 heterocycles. The average Bonchev–Trinajstić information content (AvgIpc) is 2.39. The minimum Gasteiger partial charge on any atom is -0.465 e. The first-order valence-corrected chi connectivity index (χ1v) is 8.46. The zero-order chi connectivity index (χ0) is 14.8. The Morgan fingerprint density at radius 1 is 1.45 bits per heavy atom. The first kappa shape index (κ1) is 15.1. The minimum atomic E-state index is -3.00. The van der Waals surface area contributed by atoms with E-state index in [1.54, 1.807) is 12.1 Å². The molecule has 1 aliphatic rings. The number of anilines is 1. The van der Waals surface area contributed by atoms with Gasteiger partial charge in [-0.2, -0.15) is 0 Å². The van der Waals surface area contributed by atoms with Crippen LogP contribution < -0.4 is 5.32 Å². The van der Waals surface area contributed by atoms with Gasteiger partial charge in [-0.15, -0.1) is 0 Å². The molecule has 1 saturated heterocycles. The van der Waals surface area contributed by atoms with Crippen LogP contribution >= 0.6 is 11.6 Å². The molecule has 1 N–H and O–H groups in total. The molecule has 110 valence electrons. The third kappa shape index (κ3) is 3.64. The number of nitrogens with one attached hydrogen (secondary N) is 1. The Kier molecular flexibility index (Phi) is 4.55. The summed E-state index contributed by atoms with van der Waals surface area (Å²) < 4.78 is 28.0. The van der Waals surface area contributed by atoms with Gasteiger partial charge in [-0.3, -0.25) is 0 Å². The molecule has 0 bridgehead atoms. The monoisotopic (exact) mass is 317 g/mol. The molecule has 1 aromatic carbocycles. The van der Waals surface area contributed by atoms with Gasteiger partial charge >= 0.3 is 5.97 Å². The highest BCUT2D eigenvalue weighted by Crippen LogP contribution is 2.24. The molecule has 2 rings (SSSR count). The van der Waals surface area contributed by atoms with Crippen LogP contribution in [0.1, 0.15) is 23.2 Å². The number of hydrogen-bond donors (Lipinski definition) is 1. The number of rotatable bonds is 3. The molecule has 0 radical (unpaired) electrons. The summed E-state index contributed by atoms with van der Waals surface area (Å²) in [5, 5.41) is 3.53. The Balaban J connectivity index is 2.23. The van der Waals surface area contributed by atoms with Gasteiger partial charge in [0.25, 0.3) is 0 Å². The van der Waals surface area contributed by atoms with Crippen LogP contribution in [0.3, 0.4) is 0 Å². The number of benzene rings is 1. The molecular formula is C13H16ClNO4S. The molecule has 5 nitrogen and oxygen atoms in total. The van der Waals surface area contributed by atoms with E-state index in [9.17, 15) is 13.2 Å². The van der Waals surface area contributed by atoms with Crippen molar-refractivity contribution in [3.05, 3.63) is 28.8 Å². The summed E-state index contributed by atoms with van der Waals surface area (Å²) in [5.41, 5.74) is 0.853. The van der Waals surface area contributed by atoms with E-state index in [1.165, 1.54) is 13.2 Å². The summed E-state index contributed by atoms with van der Waals surface area (Å²) in [4.78, 5) is 11.7. The summed E-state index contributed by atoms with van der Waals surface area (Å²) in [6.07, 6.45) is 1.38. The zero-order valence-electron chi connectivity index (χ0n) is 11.1. The number of methoxy groups -OCH3 is 1. The topological polar surface area (TPSA) is 72.5 Å². The van der Waals surface area contributed by atoms with Crippen LogP contribution in [0.25, 0.3) is 0 Å². The Hall–Kier alpha value is -1.27. The maximum atomic E-state index is 11.7. The Morgan fingerprint density at radius 2 is 2.20 bits per heavy atom. The van der Waals surface area contributed by atoms with Crippen molar-refractivity contribution in [3.63, 3.8) is 0 Å². The number of hydrogen-bond acceptors (Lipinski definition) is 5. The second kappa shape index (κ2) is 6.01. The van der Waals surface area contributed by atoms with E-state index in [2.05, 4.69) is 5.32 Å².